The van der Waals surface area contributed by atoms with Crippen LogP contribution in [0, 0.1) is 5.92 Å². The van der Waals surface area contributed by atoms with Gasteiger partial charge in [-0.1, -0.05) is 0 Å². The number of hydrogen-bond acceptors (Lipinski definition) is 3. The Hall–Kier alpha value is -0.610. The summed E-state index contributed by atoms with van der Waals surface area (Å²) < 4.78 is 0. The van der Waals surface area contributed by atoms with E-state index in [0.717, 1.165) is 19.0 Å². The zero-order valence-electron chi connectivity index (χ0n) is 11.5. The van der Waals surface area contributed by atoms with Gasteiger partial charge >= 0.3 is 0 Å². The smallest absolute Gasteiger partial charge is 0.234 e. The highest BCUT2D eigenvalue weighted by atomic mass is 16.2. The minimum absolute atomic E-state index is 0.129. The summed E-state index contributed by atoms with van der Waals surface area (Å²) in [6.07, 6.45) is 3.82. The number of nitrogens with zero attached hydrogens (tertiary/aromatic N) is 1. The second-order valence-corrected chi connectivity index (χ2v) is 5.46. The van der Waals surface area contributed by atoms with Gasteiger partial charge in [0, 0.05) is 6.04 Å². The first-order valence-electron chi connectivity index (χ1n) is 6.76. The molecular formula is C13H27N3O. The summed E-state index contributed by atoms with van der Waals surface area (Å²) >= 11 is 0. The van der Waals surface area contributed by atoms with Crippen LogP contribution in [0.4, 0.5) is 0 Å². The average molecular weight is 241 g/mol. The lowest BCUT2D eigenvalue weighted by Gasteiger charge is -2.25. The van der Waals surface area contributed by atoms with Crippen molar-refractivity contribution >= 4 is 5.91 Å². The Labute approximate surface area is 105 Å². The van der Waals surface area contributed by atoms with Gasteiger partial charge in [-0.05, 0) is 65.7 Å². The summed E-state index contributed by atoms with van der Waals surface area (Å²) in [6.45, 7) is 7.82. The topological polar surface area (TPSA) is 44.4 Å². The predicted molar refractivity (Wildman–Crippen MR) is 71.0 cm³/mol. The van der Waals surface area contributed by atoms with Crippen molar-refractivity contribution in [3.05, 3.63) is 0 Å². The van der Waals surface area contributed by atoms with Gasteiger partial charge in [0.05, 0.1) is 6.54 Å². The molecule has 0 aromatic carbocycles. The maximum Gasteiger partial charge on any atom is 0.234 e. The van der Waals surface area contributed by atoms with Crippen LogP contribution in [0.3, 0.4) is 0 Å². The van der Waals surface area contributed by atoms with Gasteiger partial charge in [-0.3, -0.25) is 9.69 Å². The molecule has 1 unspecified atom stereocenters. The maximum atomic E-state index is 11.5. The molecule has 1 fully saturated rings. The summed E-state index contributed by atoms with van der Waals surface area (Å²) in [5, 5.41) is 6.35. The molecule has 1 atom stereocenters. The number of likely N-dealkylation sites (N-methyl/N-ethyl adjacent to an activating group) is 1. The zero-order valence-corrected chi connectivity index (χ0v) is 11.5. The monoisotopic (exact) mass is 241 g/mol. The lowest BCUT2D eigenvalue weighted by atomic mass is 9.96. The second kappa shape index (κ2) is 7.67. The molecule has 0 spiro atoms. The molecule has 0 radical (unpaired) electrons. The number of carbonyl (C=O) groups is 1. The molecule has 0 aromatic rings. The SMILES string of the molecule is CC(C)NC(=O)CN(C)CCC1CCCNC1. The number of carbonyl (C=O) groups excluding carboxylic acids is 1. The van der Waals surface area contributed by atoms with Crippen molar-refractivity contribution in [2.45, 2.75) is 39.2 Å². The van der Waals surface area contributed by atoms with E-state index in [2.05, 4.69) is 15.5 Å². The average Bonchev–Trinajstić information content (AvgIpc) is 2.26. The summed E-state index contributed by atoms with van der Waals surface area (Å²) in [5.74, 6) is 0.920. The highest BCUT2D eigenvalue weighted by molar-refractivity contribution is 5.78. The molecule has 17 heavy (non-hydrogen) atoms. The summed E-state index contributed by atoms with van der Waals surface area (Å²) in [5.41, 5.74) is 0. The number of piperidine rings is 1. The molecule has 1 heterocycles. The van der Waals surface area contributed by atoms with Gasteiger partial charge in [-0.2, -0.15) is 0 Å². The summed E-state index contributed by atoms with van der Waals surface area (Å²) in [7, 11) is 2.02. The van der Waals surface area contributed by atoms with E-state index in [1.807, 2.05) is 20.9 Å². The van der Waals surface area contributed by atoms with Crippen LogP contribution in [0.2, 0.25) is 0 Å². The van der Waals surface area contributed by atoms with Crippen molar-refractivity contribution in [1.29, 1.82) is 0 Å². The molecule has 1 aliphatic rings. The lowest BCUT2D eigenvalue weighted by molar-refractivity contribution is -0.122. The first kappa shape index (κ1) is 14.5. The van der Waals surface area contributed by atoms with Gasteiger partial charge in [-0.25, -0.2) is 0 Å². The van der Waals surface area contributed by atoms with Crippen LogP contribution in [0.25, 0.3) is 0 Å². The minimum Gasteiger partial charge on any atom is -0.353 e. The van der Waals surface area contributed by atoms with Crippen LogP contribution in [-0.2, 0) is 4.79 Å². The molecule has 0 aliphatic carbocycles. The van der Waals surface area contributed by atoms with E-state index in [4.69, 9.17) is 0 Å². The Morgan fingerprint density at radius 1 is 1.53 bits per heavy atom. The van der Waals surface area contributed by atoms with Gasteiger partial charge in [0.1, 0.15) is 0 Å². The number of rotatable bonds is 6. The second-order valence-electron chi connectivity index (χ2n) is 5.46. The molecule has 4 nitrogen and oxygen atoms in total. The molecule has 1 rings (SSSR count). The van der Waals surface area contributed by atoms with E-state index in [9.17, 15) is 4.79 Å². The van der Waals surface area contributed by atoms with Crippen molar-refractivity contribution in [1.82, 2.24) is 15.5 Å². The standard InChI is InChI=1S/C13H27N3O/c1-11(2)15-13(17)10-16(3)8-6-12-5-4-7-14-9-12/h11-12,14H,4-10H2,1-3H3,(H,15,17). The minimum atomic E-state index is 0.129. The van der Waals surface area contributed by atoms with Crippen molar-refractivity contribution in [2.24, 2.45) is 5.92 Å². The van der Waals surface area contributed by atoms with E-state index in [1.54, 1.807) is 0 Å². The predicted octanol–water partition coefficient (Wildman–Crippen LogP) is 0.833. The Morgan fingerprint density at radius 2 is 2.29 bits per heavy atom. The third-order valence-electron chi connectivity index (χ3n) is 3.18. The van der Waals surface area contributed by atoms with Gasteiger partial charge in [0.2, 0.25) is 5.91 Å². The summed E-state index contributed by atoms with van der Waals surface area (Å²) in [4.78, 5) is 13.7. The van der Waals surface area contributed by atoms with Crippen molar-refractivity contribution in [3.63, 3.8) is 0 Å². The van der Waals surface area contributed by atoms with Crippen LogP contribution in [-0.4, -0.2) is 50.1 Å². The molecule has 1 amide bonds. The van der Waals surface area contributed by atoms with Crippen molar-refractivity contribution in [2.75, 3.05) is 33.2 Å². The summed E-state index contributed by atoms with van der Waals surface area (Å²) in [6, 6.07) is 0.235. The van der Waals surface area contributed by atoms with Crippen LogP contribution in [0.5, 0.6) is 0 Å². The fraction of sp³-hybridized carbons (Fsp3) is 0.923. The Morgan fingerprint density at radius 3 is 2.88 bits per heavy atom. The van der Waals surface area contributed by atoms with Gasteiger partial charge in [-0.15, -0.1) is 0 Å². The number of amides is 1. The highest BCUT2D eigenvalue weighted by Crippen LogP contribution is 2.13. The van der Waals surface area contributed by atoms with E-state index >= 15 is 0 Å². The Balaban J connectivity index is 2.11. The first-order valence-corrected chi connectivity index (χ1v) is 6.76. The van der Waals surface area contributed by atoms with Crippen LogP contribution >= 0.6 is 0 Å². The molecule has 0 bridgehead atoms. The Bertz CT molecular complexity index is 225. The molecule has 4 heteroatoms. The number of hydrogen-bond donors (Lipinski definition) is 2. The molecule has 0 saturated carbocycles. The maximum absolute atomic E-state index is 11.5. The van der Waals surface area contributed by atoms with E-state index in [1.165, 1.54) is 25.8 Å². The molecule has 1 aliphatic heterocycles. The first-order chi connectivity index (χ1) is 8.08. The quantitative estimate of drug-likeness (QED) is 0.724. The fourth-order valence-electron chi connectivity index (χ4n) is 2.27. The van der Waals surface area contributed by atoms with Gasteiger partial charge in [0.15, 0.2) is 0 Å². The fourth-order valence-corrected chi connectivity index (χ4v) is 2.27. The van der Waals surface area contributed by atoms with E-state index in [-0.39, 0.29) is 11.9 Å². The molecule has 100 valence electrons. The third-order valence-corrected chi connectivity index (χ3v) is 3.18. The third kappa shape index (κ3) is 6.64. The van der Waals surface area contributed by atoms with Crippen LogP contribution < -0.4 is 10.6 Å². The van der Waals surface area contributed by atoms with E-state index < -0.39 is 0 Å². The molecule has 0 aromatic heterocycles. The Kier molecular flexibility index (Phi) is 6.52. The zero-order chi connectivity index (χ0) is 12.7. The normalized spacial score (nSPS) is 20.9. The molecular weight excluding hydrogens is 214 g/mol. The van der Waals surface area contributed by atoms with Crippen molar-refractivity contribution in [3.8, 4) is 0 Å². The van der Waals surface area contributed by atoms with Gasteiger partial charge in [0.25, 0.3) is 0 Å². The number of nitrogens with one attached hydrogen (secondary N) is 2. The van der Waals surface area contributed by atoms with Crippen LogP contribution in [0.15, 0.2) is 0 Å². The van der Waals surface area contributed by atoms with Gasteiger partial charge < -0.3 is 10.6 Å². The lowest BCUT2D eigenvalue weighted by Crippen LogP contribution is -2.39. The van der Waals surface area contributed by atoms with E-state index in [0.29, 0.717) is 6.54 Å². The molecule has 1 saturated heterocycles. The molecule has 2 N–H and O–H groups in total. The van der Waals surface area contributed by atoms with Crippen LogP contribution in [0.1, 0.15) is 33.1 Å². The van der Waals surface area contributed by atoms with Crippen molar-refractivity contribution < 1.29 is 4.79 Å². The highest BCUT2D eigenvalue weighted by Gasteiger charge is 2.14. The largest absolute Gasteiger partial charge is 0.353 e.